The molecular formula is C11H12N4O3S. The molecule has 0 aliphatic carbocycles. The summed E-state index contributed by atoms with van der Waals surface area (Å²) >= 11 is 1.01. The van der Waals surface area contributed by atoms with Gasteiger partial charge < -0.3 is 10.4 Å². The van der Waals surface area contributed by atoms with Crippen molar-refractivity contribution in [3.63, 3.8) is 0 Å². The predicted molar refractivity (Wildman–Crippen MR) is 68.3 cm³/mol. The number of carboxylic acid groups (broad SMARTS) is 1. The molecule has 0 bridgehead atoms. The first kappa shape index (κ1) is 13.2. The molecule has 8 heteroatoms. The van der Waals surface area contributed by atoms with Crippen LogP contribution >= 0.6 is 11.3 Å². The highest BCUT2D eigenvalue weighted by Crippen LogP contribution is 2.09. The fourth-order valence-electron chi connectivity index (χ4n) is 1.45. The number of aromatic carboxylic acids is 1. The molecule has 0 saturated heterocycles. The molecule has 2 aromatic heterocycles. The minimum Gasteiger partial charge on any atom is -0.476 e. The number of hydrogen-bond acceptors (Lipinski definition) is 5. The van der Waals surface area contributed by atoms with Gasteiger partial charge in [-0.2, -0.15) is 5.10 Å². The number of carbonyl (C=O) groups is 2. The highest BCUT2D eigenvalue weighted by molar-refractivity contribution is 7.11. The summed E-state index contributed by atoms with van der Waals surface area (Å²) in [5, 5.41) is 17.1. The molecule has 2 rings (SSSR count). The van der Waals surface area contributed by atoms with E-state index in [0.29, 0.717) is 13.0 Å². The maximum Gasteiger partial charge on any atom is 0.355 e. The monoisotopic (exact) mass is 280 g/mol. The third-order valence-electron chi connectivity index (χ3n) is 2.35. The number of nitrogens with zero attached hydrogens (tertiary/aromatic N) is 3. The van der Waals surface area contributed by atoms with Crippen LogP contribution in [0.1, 0.15) is 26.0 Å². The number of nitrogens with one attached hydrogen (secondary N) is 1. The van der Waals surface area contributed by atoms with Crippen LogP contribution in [0.25, 0.3) is 0 Å². The van der Waals surface area contributed by atoms with Crippen molar-refractivity contribution in [1.82, 2.24) is 20.1 Å². The number of amides is 1. The quantitative estimate of drug-likeness (QED) is 0.833. The molecule has 0 saturated carbocycles. The van der Waals surface area contributed by atoms with Gasteiger partial charge in [0.1, 0.15) is 0 Å². The molecule has 0 aliphatic heterocycles. The molecule has 0 unspecified atom stereocenters. The fourth-order valence-corrected chi connectivity index (χ4v) is 2.16. The number of rotatable bonds is 5. The van der Waals surface area contributed by atoms with Crippen molar-refractivity contribution in [3.05, 3.63) is 34.0 Å². The average Bonchev–Trinajstić information content (AvgIpc) is 2.98. The Hall–Kier alpha value is -2.22. The summed E-state index contributed by atoms with van der Waals surface area (Å²) in [5.74, 6) is -1.50. The summed E-state index contributed by atoms with van der Waals surface area (Å²) in [6, 6.07) is 1.87. The Kier molecular flexibility index (Phi) is 3.91. The van der Waals surface area contributed by atoms with Gasteiger partial charge >= 0.3 is 5.97 Å². The van der Waals surface area contributed by atoms with Crippen LogP contribution in [0.3, 0.4) is 0 Å². The van der Waals surface area contributed by atoms with Crippen LogP contribution in [0.4, 0.5) is 0 Å². The van der Waals surface area contributed by atoms with E-state index in [9.17, 15) is 9.59 Å². The van der Waals surface area contributed by atoms with E-state index in [1.807, 2.05) is 19.3 Å². The number of thiazole rings is 1. The highest BCUT2D eigenvalue weighted by Gasteiger charge is 2.14. The standard InChI is InChI=1S/C11H12N4O3S/c1-15-5-3-7(14-15)2-4-12-9(16)10-13-8(6-19-10)11(17)18/h3,5-6H,2,4H2,1H3,(H,12,16)(H,17,18). The molecule has 0 aliphatic rings. The van der Waals surface area contributed by atoms with Crippen molar-refractivity contribution in [2.75, 3.05) is 6.54 Å². The summed E-state index contributed by atoms with van der Waals surface area (Å²) < 4.78 is 1.69. The average molecular weight is 280 g/mol. The highest BCUT2D eigenvalue weighted by atomic mass is 32.1. The smallest absolute Gasteiger partial charge is 0.355 e. The Morgan fingerprint density at radius 1 is 1.53 bits per heavy atom. The van der Waals surface area contributed by atoms with E-state index in [0.717, 1.165) is 17.0 Å². The Bertz CT molecular complexity index is 605. The van der Waals surface area contributed by atoms with Gasteiger partial charge in [0.15, 0.2) is 10.7 Å². The van der Waals surface area contributed by atoms with Crippen LogP contribution in [0, 0.1) is 0 Å². The molecule has 0 radical (unpaired) electrons. The molecule has 2 heterocycles. The molecule has 7 nitrogen and oxygen atoms in total. The van der Waals surface area contributed by atoms with Gasteiger partial charge in [0.05, 0.1) is 5.69 Å². The van der Waals surface area contributed by atoms with Crippen molar-refractivity contribution in [1.29, 1.82) is 0 Å². The zero-order valence-electron chi connectivity index (χ0n) is 10.2. The second-order valence-electron chi connectivity index (χ2n) is 3.83. The third kappa shape index (κ3) is 3.38. The first-order valence-corrected chi connectivity index (χ1v) is 6.40. The minimum atomic E-state index is -1.14. The molecule has 2 N–H and O–H groups in total. The number of carbonyl (C=O) groups excluding carboxylic acids is 1. The summed E-state index contributed by atoms with van der Waals surface area (Å²) in [6.45, 7) is 0.428. The Balaban J connectivity index is 1.85. The molecular weight excluding hydrogens is 268 g/mol. The predicted octanol–water partition coefficient (Wildman–Crippen LogP) is 0.547. The molecule has 0 spiro atoms. The van der Waals surface area contributed by atoms with Gasteiger partial charge in [-0.15, -0.1) is 11.3 Å². The topological polar surface area (TPSA) is 97.1 Å². The first-order valence-electron chi connectivity index (χ1n) is 5.52. The van der Waals surface area contributed by atoms with Crippen molar-refractivity contribution in [2.24, 2.45) is 7.05 Å². The largest absolute Gasteiger partial charge is 0.476 e. The lowest BCUT2D eigenvalue weighted by atomic mass is 10.3. The third-order valence-corrected chi connectivity index (χ3v) is 3.19. The van der Waals surface area contributed by atoms with Crippen molar-refractivity contribution < 1.29 is 14.7 Å². The second kappa shape index (κ2) is 5.61. The van der Waals surface area contributed by atoms with Crippen LogP contribution in [0.5, 0.6) is 0 Å². The molecule has 0 aromatic carbocycles. The van der Waals surface area contributed by atoms with Crippen LogP contribution in [-0.2, 0) is 13.5 Å². The lowest BCUT2D eigenvalue weighted by Crippen LogP contribution is -2.25. The summed E-state index contributed by atoms with van der Waals surface area (Å²) in [6.07, 6.45) is 2.45. The van der Waals surface area contributed by atoms with Crippen LogP contribution in [0.2, 0.25) is 0 Å². The van der Waals surface area contributed by atoms with E-state index < -0.39 is 5.97 Å². The second-order valence-corrected chi connectivity index (χ2v) is 4.69. The lowest BCUT2D eigenvalue weighted by molar-refractivity contribution is 0.0691. The van der Waals surface area contributed by atoms with E-state index >= 15 is 0 Å². The zero-order chi connectivity index (χ0) is 13.8. The summed E-state index contributed by atoms with van der Waals surface area (Å²) in [7, 11) is 1.82. The van der Waals surface area contributed by atoms with Crippen LogP contribution < -0.4 is 5.32 Å². The molecule has 0 fully saturated rings. The van der Waals surface area contributed by atoms with Gasteiger partial charge in [-0.3, -0.25) is 9.48 Å². The summed E-state index contributed by atoms with van der Waals surface area (Å²) in [5.41, 5.74) is 0.771. The Morgan fingerprint density at radius 2 is 2.32 bits per heavy atom. The Morgan fingerprint density at radius 3 is 2.89 bits per heavy atom. The normalized spacial score (nSPS) is 10.4. The molecule has 100 valence electrons. The summed E-state index contributed by atoms with van der Waals surface area (Å²) in [4.78, 5) is 26.1. The SMILES string of the molecule is Cn1ccc(CCNC(=O)c2nc(C(=O)O)cs2)n1. The Labute approximate surface area is 112 Å². The van der Waals surface area contributed by atoms with Crippen molar-refractivity contribution >= 4 is 23.2 Å². The van der Waals surface area contributed by atoms with E-state index in [1.54, 1.807) is 4.68 Å². The van der Waals surface area contributed by atoms with Gasteiger partial charge in [-0.25, -0.2) is 9.78 Å². The van der Waals surface area contributed by atoms with Crippen molar-refractivity contribution in [3.8, 4) is 0 Å². The number of hydrogen-bond donors (Lipinski definition) is 2. The zero-order valence-corrected chi connectivity index (χ0v) is 11.0. The van der Waals surface area contributed by atoms with E-state index in [1.165, 1.54) is 5.38 Å². The van der Waals surface area contributed by atoms with Gasteiger partial charge in [-0.1, -0.05) is 0 Å². The minimum absolute atomic E-state index is 0.111. The van der Waals surface area contributed by atoms with Crippen LogP contribution in [0.15, 0.2) is 17.6 Å². The van der Waals surface area contributed by atoms with Gasteiger partial charge in [0, 0.05) is 31.6 Å². The van der Waals surface area contributed by atoms with E-state index in [4.69, 9.17) is 5.11 Å². The maximum atomic E-state index is 11.7. The maximum absolute atomic E-state index is 11.7. The van der Waals surface area contributed by atoms with Gasteiger partial charge in [0.2, 0.25) is 0 Å². The molecule has 2 aromatic rings. The first-order chi connectivity index (χ1) is 9.06. The lowest BCUT2D eigenvalue weighted by Gasteiger charge is -2.00. The molecule has 0 atom stereocenters. The molecule has 19 heavy (non-hydrogen) atoms. The number of aromatic nitrogens is 3. The van der Waals surface area contributed by atoms with Crippen molar-refractivity contribution in [2.45, 2.75) is 6.42 Å². The number of carboxylic acids is 1. The van der Waals surface area contributed by atoms with E-state index in [2.05, 4.69) is 15.4 Å². The van der Waals surface area contributed by atoms with Gasteiger partial charge in [0.25, 0.3) is 5.91 Å². The van der Waals surface area contributed by atoms with Crippen LogP contribution in [-0.4, -0.2) is 38.3 Å². The molecule has 1 amide bonds. The number of aryl methyl sites for hydroxylation is 1. The van der Waals surface area contributed by atoms with Gasteiger partial charge in [-0.05, 0) is 6.07 Å². The fraction of sp³-hybridized carbons (Fsp3) is 0.273. The van der Waals surface area contributed by atoms with E-state index in [-0.39, 0.29) is 16.6 Å².